The van der Waals surface area contributed by atoms with Crippen molar-refractivity contribution in [1.29, 1.82) is 0 Å². The summed E-state index contributed by atoms with van der Waals surface area (Å²) in [6, 6.07) is 7.93. The Bertz CT molecular complexity index is 629. The molecule has 1 amide bonds. The normalized spacial score (nSPS) is 18.2. The Labute approximate surface area is 124 Å². The van der Waals surface area contributed by atoms with Crippen molar-refractivity contribution in [2.45, 2.75) is 38.8 Å². The van der Waals surface area contributed by atoms with Gasteiger partial charge < -0.3 is 14.6 Å². The zero-order valence-corrected chi connectivity index (χ0v) is 12.3. The van der Waals surface area contributed by atoms with Gasteiger partial charge in [-0.1, -0.05) is 19.1 Å². The number of benzene rings is 1. The summed E-state index contributed by atoms with van der Waals surface area (Å²) in [6.07, 6.45) is 2.97. The molecule has 21 heavy (non-hydrogen) atoms. The topological polar surface area (TPSA) is 56.2 Å². The number of imidazole rings is 1. The SMILES string of the molecule is CCCNC(=O)Cn1c([C@@H]2CCCO2)nc2ccccc21. The van der Waals surface area contributed by atoms with Crippen molar-refractivity contribution in [2.24, 2.45) is 0 Å². The number of carbonyl (C=O) groups excluding carboxylic acids is 1. The van der Waals surface area contributed by atoms with Gasteiger partial charge in [0.2, 0.25) is 5.91 Å². The van der Waals surface area contributed by atoms with Crippen LogP contribution in [0.25, 0.3) is 11.0 Å². The molecule has 0 unspecified atom stereocenters. The summed E-state index contributed by atoms with van der Waals surface area (Å²) < 4.78 is 7.75. The second-order valence-electron chi connectivity index (χ2n) is 5.40. The maximum Gasteiger partial charge on any atom is 0.240 e. The van der Waals surface area contributed by atoms with E-state index in [0.29, 0.717) is 13.1 Å². The molecule has 2 heterocycles. The van der Waals surface area contributed by atoms with E-state index in [2.05, 4.69) is 10.3 Å². The minimum Gasteiger partial charge on any atom is -0.370 e. The summed E-state index contributed by atoms with van der Waals surface area (Å²) in [5, 5.41) is 2.92. The first-order valence-corrected chi connectivity index (χ1v) is 7.63. The van der Waals surface area contributed by atoms with Crippen molar-refractivity contribution in [1.82, 2.24) is 14.9 Å². The van der Waals surface area contributed by atoms with E-state index in [0.717, 1.165) is 42.7 Å². The van der Waals surface area contributed by atoms with E-state index < -0.39 is 0 Å². The first kappa shape index (κ1) is 14.1. The number of nitrogens with one attached hydrogen (secondary N) is 1. The van der Waals surface area contributed by atoms with Crippen molar-refractivity contribution in [3.63, 3.8) is 0 Å². The molecule has 0 saturated carbocycles. The molecule has 112 valence electrons. The van der Waals surface area contributed by atoms with Gasteiger partial charge in [0.05, 0.1) is 11.0 Å². The number of hydrogen-bond acceptors (Lipinski definition) is 3. The molecule has 1 aromatic carbocycles. The van der Waals surface area contributed by atoms with Gasteiger partial charge in [-0.05, 0) is 31.4 Å². The first-order chi connectivity index (χ1) is 10.3. The third kappa shape index (κ3) is 2.93. The van der Waals surface area contributed by atoms with Crippen LogP contribution in [-0.2, 0) is 16.1 Å². The number of aromatic nitrogens is 2. The molecule has 0 bridgehead atoms. The van der Waals surface area contributed by atoms with Crippen LogP contribution in [0.4, 0.5) is 0 Å². The van der Waals surface area contributed by atoms with E-state index in [1.807, 2.05) is 35.8 Å². The highest BCUT2D eigenvalue weighted by Gasteiger charge is 2.25. The molecule has 0 radical (unpaired) electrons. The smallest absolute Gasteiger partial charge is 0.240 e. The summed E-state index contributed by atoms with van der Waals surface area (Å²) >= 11 is 0. The van der Waals surface area contributed by atoms with Crippen LogP contribution >= 0.6 is 0 Å². The summed E-state index contributed by atoms with van der Waals surface area (Å²) in [5.74, 6) is 0.902. The van der Waals surface area contributed by atoms with Gasteiger partial charge in [0.1, 0.15) is 18.5 Å². The number of ether oxygens (including phenoxy) is 1. The van der Waals surface area contributed by atoms with E-state index in [4.69, 9.17) is 4.74 Å². The predicted octanol–water partition coefficient (Wildman–Crippen LogP) is 2.41. The number of carbonyl (C=O) groups is 1. The predicted molar refractivity (Wildman–Crippen MR) is 81.0 cm³/mol. The van der Waals surface area contributed by atoms with Crippen molar-refractivity contribution in [3.8, 4) is 0 Å². The molecule has 1 aromatic heterocycles. The molecule has 1 aliphatic heterocycles. The Morgan fingerprint density at radius 2 is 2.33 bits per heavy atom. The van der Waals surface area contributed by atoms with Crippen LogP contribution in [-0.4, -0.2) is 28.6 Å². The van der Waals surface area contributed by atoms with E-state index in [1.54, 1.807) is 0 Å². The lowest BCUT2D eigenvalue weighted by Gasteiger charge is -2.13. The number of nitrogens with zero attached hydrogens (tertiary/aromatic N) is 2. The maximum atomic E-state index is 12.1. The quantitative estimate of drug-likeness (QED) is 0.918. The van der Waals surface area contributed by atoms with Crippen LogP contribution in [0.15, 0.2) is 24.3 Å². The Morgan fingerprint density at radius 1 is 1.48 bits per heavy atom. The highest BCUT2D eigenvalue weighted by Crippen LogP contribution is 2.30. The van der Waals surface area contributed by atoms with Crippen LogP contribution < -0.4 is 5.32 Å². The zero-order valence-electron chi connectivity index (χ0n) is 12.3. The van der Waals surface area contributed by atoms with Crippen LogP contribution in [0.5, 0.6) is 0 Å². The van der Waals surface area contributed by atoms with Gasteiger partial charge in [0.15, 0.2) is 0 Å². The lowest BCUT2D eigenvalue weighted by molar-refractivity contribution is -0.121. The molecule has 1 N–H and O–H groups in total. The van der Waals surface area contributed by atoms with Crippen molar-refractivity contribution in [2.75, 3.05) is 13.2 Å². The monoisotopic (exact) mass is 287 g/mol. The van der Waals surface area contributed by atoms with Gasteiger partial charge in [-0.25, -0.2) is 4.98 Å². The summed E-state index contributed by atoms with van der Waals surface area (Å²) in [7, 11) is 0. The van der Waals surface area contributed by atoms with Gasteiger partial charge in [0.25, 0.3) is 0 Å². The van der Waals surface area contributed by atoms with Crippen molar-refractivity contribution < 1.29 is 9.53 Å². The Hall–Kier alpha value is -1.88. The lowest BCUT2D eigenvalue weighted by Crippen LogP contribution is -2.29. The largest absolute Gasteiger partial charge is 0.370 e. The fourth-order valence-electron chi connectivity index (χ4n) is 2.75. The van der Waals surface area contributed by atoms with E-state index in [-0.39, 0.29) is 12.0 Å². The number of para-hydroxylation sites is 2. The first-order valence-electron chi connectivity index (χ1n) is 7.63. The molecule has 1 fully saturated rings. The fourth-order valence-corrected chi connectivity index (χ4v) is 2.75. The second-order valence-corrected chi connectivity index (χ2v) is 5.40. The molecule has 3 rings (SSSR count). The third-order valence-corrected chi connectivity index (χ3v) is 3.78. The Kier molecular flexibility index (Phi) is 4.20. The molecule has 1 saturated heterocycles. The minimum absolute atomic E-state index is 0.0105. The number of hydrogen-bond donors (Lipinski definition) is 1. The van der Waals surface area contributed by atoms with Crippen molar-refractivity contribution in [3.05, 3.63) is 30.1 Å². The summed E-state index contributed by atoms with van der Waals surface area (Å²) in [4.78, 5) is 16.8. The molecule has 5 heteroatoms. The number of amides is 1. The number of fused-ring (bicyclic) bond motifs is 1. The molecule has 1 aliphatic rings. The van der Waals surface area contributed by atoms with Gasteiger partial charge in [-0.3, -0.25) is 4.79 Å². The Morgan fingerprint density at radius 3 is 3.10 bits per heavy atom. The molecular weight excluding hydrogens is 266 g/mol. The maximum absolute atomic E-state index is 12.1. The molecule has 1 atom stereocenters. The molecule has 5 nitrogen and oxygen atoms in total. The van der Waals surface area contributed by atoms with Crippen molar-refractivity contribution >= 4 is 16.9 Å². The van der Waals surface area contributed by atoms with E-state index in [1.165, 1.54) is 0 Å². The van der Waals surface area contributed by atoms with Gasteiger partial charge >= 0.3 is 0 Å². The van der Waals surface area contributed by atoms with Gasteiger partial charge in [0, 0.05) is 13.2 Å². The van der Waals surface area contributed by atoms with Crippen LogP contribution in [0.2, 0.25) is 0 Å². The third-order valence-electron chi connectivity index (χ3n) is 3.78. The molecule has 0 spiro atoms. The fraction of sp³-hybridized carbons (Fsp3) is 0.500. The molecule has 0 aliphatic carbocycles. The van der Waals surface area contributed by atoms with E-state index in [9.17, 15) is 4.79 Å². The molecule has 2 aromatic rings. The van der Waals surface area contributed by atoms with Crippen LogP contribution in [0.1, 0.15) is 38.1 Å². The zero-order chi connectivity index (χ0) is 14.7. The summed E-state index contributed by atoms with van der Waals surface area (Å²) in [6.45, 7) is 3.83. The Balaban J connectivity index is 1.93. The van der Waals surface area contributed by atoms with Gasteiger partial charge in [-0.15, -0.1) is 0 Å². The highest BCUT2D eigenvalue weighted by atomic mass is 16.5. The minimum atomic E-state index is 0.0105. The van der Waals surface area contributed by atoms with E-state index >= 15 is 0 Å². The van der Waals surface area contributed by atoms with Crippen LogP contribution in [0.3, 0.4) is 0 Å². The number of rotatable bonds is 5. The molecular formula is C16H21N3O2. The lowest BCUT2D eigenvalue weighted by atomic mass is 10.2. The standard InChI is InChI=1S/C16H21N3O2/c1-2-9-17-15(20)11-19-13-7-4-3-6-12(13)18-16(19)14-8-5-10-21-14/h3-4,6-7,14H,2,5,8-11H2,1H3,(H,17,20)/t14-/m0/s1. The summed E-state index contributed by atoms with van der Waals surface area (Å²) in [5.41, 5.74) is 1.92. The van der Waals surface area contributed by atoms with Gasteiger partial charge in [-0.2, -0.15) is 0 Å². The highest BCUT2D eigenvalue weighted by molar-refractivity contribution is 5.81. The average molecular weight is 287 g/mol. The average Bonchev–Trinajstić information content (AvgIpc) is 3.13. The van der Waals surface area contributed by atoms with Crippen LogP contribution in [0, 0.1) is 0 Å². The second kappa shape index (κ2) is 6.26.